The number of methoxy groups -OCH3 is 2. The maximum atomic E-state index is 12.6. The van der Waals surface area contributed by atoms with Crippen molar-refractivity contribution in [1.29, 1.82) is 0 Å². The van der Waals surface area contributed by atoms with Gasteiger partial charge in [-0.1, -0.05) is 0 Å². The van der Waals surface area contributed by atoms with Crippen LogP contribution in [0.15, 0.2) is 36.4 Å². The highest BCUT2D eigenvalue weighted by Gasteiger charge is 2.33. The van der Waals surface area contributed by atoms with Gasteiger partial charge >= 0.3 is 5.97 Å². The molecule has 9 nitrogen and oxygen atoms in total. The molecular weight excluding hydrogens is 380 g/mol. The standard InChI is InChI=1S/C20H20N2O7/c1-11-19(24)22(15-8-12(20(25)26)4-7-16(15)29-11)10-18(23)21-14-6-5-13(27-2)9-17(14)28-3/h4-9,11H,10H2,1-3H3,(H,21,23)(H,25,26). The van der Waals surface area contributed by atoms with E-state index in [1.54, 1.807) is 25.1 Å². The lowest BCUT2D eigenvalue weighted by Crippen LogP contribution is -2.47. The van der Waals surface area contributed by atoms with Crippen molar-refractivity contribution in [2.75, 3.05) is 31.0 Å². The summed E-state index contributed by atoms with van der Waals surface area (Å²) in [5, 5.41) is 11.9. The number of carbonyl (C=O) groups is 3. The number of hydrogen-bond acceptors (Lipinski definition) is 6. The summed E-state index contributed by atoms with van der Waals surface area (Å²) in [6.07, 6.45) is -0.804. The molecule has 2 aromatic carbocycles. The normalized spacial score (nSPS) is 15.2. The summed E-state index contributed by atoms with van der Waals surface area (Å²) in [4.78, 5) is 37.7. The molecule has 0 aromatic heterocycles. The number of benzene rings is 2. The molecule has 2 N–H and O–H groups in total. The number of hydrogen-bond donors (Lipinski definition) is 2. The fraction of sp³-hybridized carbons (Fsp3) is 0.250. The molecule has 0 fully saturated rings. The Labute approximate surface area is 166 Å². The van der Waals surface area contributed by atoms with Crippen molar-refractivity contribution in [2.24, 2.45) is 0 Å². The fourth-order valence-corrected chi connectivity index (χ4v) is 2.94. The van der Waals surface area contributed by atoms with Crippen LogP contribution in [0.2, 0.25) is 0 Å². The third-order valence-electron chi connectivity index (χ3n) is 4.40. The lowest BCUT2D eigenvalue weighted by Gasteiger charge is -2.32. The quantitative estimate of drug-likeness (QED) is 0.764. The average molecular weight is 400 g/mol. The van der Waals surface area contributed by atoms with E-state index in [1.807, 2.05) is 0 Å². The Morgan fingerprint density at radius 1 is 1.17 bits per heavy atom. The van der Waals surface area contributed by atoms with Crippen molar-refractivity contribution in [2.45, 2.75) is 13.0 Å². The highest BCUT2D eigenvalue weighted by molar-refractivity contribution is 6.07. The first-order valence-corrected chi connectivity index (χ1v) is 8.71. The topological polar surface area (TPSA) is 114 Å². The van der Waals surface area contributed by atoms with E-state index < -0.39 is 23.9 Å². The molecule has 3 rings (SSSR count). The van der Waals surface area contributed by atoms with E-state index in [-0.39, 0.29) is 17.8 Å². The molecule has 9 heteroatoms. The molecule has 0 radical (unpaired) electrons. The summed E-state index contributed by atoms with van der Waals surface area (Å²) in [6.45, 7) is 1.24. The Kier molecular flexibility index (Phi) is 5.58. The highest BCUT2D eigenvalue weighted by atomic mass is 16.5. The molecule has 1 aliphatic heterocycles. The average Bonchev–Trinajstić information content (AvgIpc) is 2.71. The van der Waals surface area contributed by atoms with Crippen LogP contribution in [0.1, 0.15) is 17.3 Å². The molecule has 0 bridgehead atoms. The van der Waals surface area contributed by atoms with E-state index in [1.165, 1.54) is 37.3 Å². The molecule has 29 heavy (non-hydrogen) atoms. The predicted molar refractivity (Wildman–Crippen MR) is 104 cm³/mol. The van der Waals surface area contributed by atoms with Crippen molar-refractivity contribution in [1.82, 2.24) is 0 Å². The van der Waals surface area contributed by atoms with Crippen LogP contribution in [-0.2, 0) is 9.59 Å². The molecule has 2 aromatic rings. The molecule has 0 saturated heterocycles. The van der Waals surface area contributed by atoms with Crippen molar-refractivity contribution in [3.05, 3.63) is 42.0 Å². The van der Waals surface area contributed by atoms with Gasteiger partial charge in [0.25, 0.3) is 5.91 Å². The van der Waals surface area contributed by atoms with Gasteiger partial charge in [-0.15, -0.1) is 0 Å². The number of aromatic carboxylic acids is 1. The second kappa shape index (κ2) is 8.09. The Morgan fingerprint density at radius 3 is 2.59 bits per heavy atom. The maximum Gasteiger partial charge on any atom is 0.335 e. The Balaban J connectivity index is 1.86. The van der Waals surface area contributed by atoms with Gasteiger partial charge in [-0.3, -0.25) is 14.5 Å². The van der Waals surface area contributed by atoms with Gasteiger partial charge in [0.15, 0.2) is 6.10 Å². The molecule has 152 valence electrons. The summed E-state index contributed by atoms with van der Waals surface area (Å²) < 4.78 is 15.9. The van der Waals surface area contributed by atoms with Crippen LogP contribution < -0.4 is 24.4 Å². The zero-order valence-electron chi connectivity index (χ0n) is 16.1. The molecule has 1 unspecified atom stereocenters. The number of carboxylic acid groups (broad SMARTS) is 1. The lowest BCUT2D eigenvalue weighted by atomic mass is 10.1. The summed E-state index contributed by atoms with van der Waals surface area (Å²) in [5.41, 5.74) is 0.619. The minimum Gasteiger partial charge on any atom is -0.497 e. The van der Waals surface area contributed by atoms with Gasteiger partial charge in [0.1, 0.15) is 23.8 Å². The zero-order valence-corrected chi connectivity index (χ0v) is 16.1. The van der Waals surface area contributed by atoms with Crippen LogP contribution in [0.3, 0.4) is 0 Å². The van der Waals surface area contributed by atoms with Crippen molar-refractivity contribution in [3.8, 4) is 17.2 Å². The second-order valence-electron chi connectivity index (χ2n) is 6.29. The molecular formula is C20H20N2O7. The minimum absolute atomic E-state index is 0.0167. The first-order valence-electron chi connectivity index (χ1n) is 8.71. The van der Waals surface area contributed by atoms with Crippen LogP contribution in [0, 0.1) is 0 Å². The molecule has 1 aliphatic rings. The van der Waals surface area contributed by atoms with Gasteiger partial charge in [-0.05, 0) is 37.3 Å². The molecule has 1 atom stereocenters. The van der Waals surface area contributed by atoms with Crippen molar-refractivity contribution < 1.29 is 33.7 Å². The van der Waals surface area contributed by atoms with E-state index in [0.717, 1.165) is 0 Å². The largest absolute Gasteiger partial charge is 0.497 e. The van der Waals surface area contributed by atoms with Gasteiger partial charge < -0.3 is 24.6 Å². The molecule has 1 heterocycles. The minimum atomic E-state index is -1.15. The number of nitrogens with one attached hydrogen (secondary N) is 1. The van der Waals surface area contributed by atoms with Gasteiger partial charge in [-0.25, -0.2) is 4.79 Å². The van der Waals surface area contributed by atoms with Crippen LogP contribution in [0.5, 0.6) is 17.2 Å². The Bertz CT molecular complexity index is 973. The van der Waals surface area contributed by atoms with E-state index in [2.05, 4.69) is 5.32 Å². The highest BCUT2D eigenvalue weighted by Crippen LogP contribution is 2.35. The SMILES string of the molecule is COc1ccc(NC(=O)CN2C(=O)C(C)Oc3ccc(C(=O)O)cc32)c(OC)c1. The number of rotatable bonds is 6. The molecule has 2 amide bonds. The summed E-state index contributed by atoms with van der Waals surface area (Å²) in [5.74, 6) is -0.789. The Hall–Kier alpha value is -3.75. The number of fused-ring (bicyclic) bond motifs is 1. The number of carboxylic acids is 1. The maximum absolute atomic E-state index is 12.6. The van der Waals surface area contributed by atoms with Gasteiger partial charge in [-0.2, -0.15) is 0 Å². The second-order valence-corrected chi connectivity index (χ2v) is 6.29. The summed E-state index contributed by atoms with van der Waals surface area (Å²) >= 11 is 0. The van der Waals surface area contributed by atoms with Gasteiger partial charge in [0.2, 0.25) is 5.91 Å². The molecule has 0 spiro atoms. The predicted octanol–water partition coefficient (Wildman–Crippen LogP) is 2.15. The van der Waals surface area contributed by atoms with Crippen LogP contribution in [-0.4, -0.2) is 49.8 Å². The first kappa shape index (κ1) is 20.0. The van der Waals surface area contributed by atoms with Crippen molar-refractivity contribution >= 4 is 29.2 Å². The monoisotopic (exact) mass is 400 g/mol. The number of anilines is 2. The van der Waals surface area contributed by atoms with E-state index in [4.69, 9.17) is 14.2 Å². The summed E-state index contributed by atoms with van der Waals surface area (Å²) in [7, 11) is 2.97. The third kappa shape index (κ3) is 4.08. The summed E-state index contributed by atoms with van der Waals surface area (Å²) in [6, 6.07) is 9.06. The van der Waals surface area contributed by atoms with Crippen LogP contribution in [0.25, 0.3) is 0 Å². The van der Waals surface area contributed by atoms with Gasteiger partial charge in [0, 0.05) is 6.07 Å². The van der Waals surface area contributed by atoms with E-state index >= 15 is 0 Å². The van der Waals surface area contributed by atoms with Crippen LogP contribution in [0.4, 0.5) is 11.4 Å². The zero-order chi connectivity index (χ0) is 21.1. The number of nitrogens with zero attached hydrogens (tertiary/aromatic N) is 1. The van der Waals surface area contributed by atoms with Gasteiger partial charge in [0.05, 0.1) is 31.2 Å². The third-order valence-corrected chi connectivity index (χ3v) is 4.40. The Morgan fingerprint density at radius 2 is 1.93 bits per heavy atom. The number of amides is 2. The molecule has 0 aliphatic carbocycles. The van der Waals surface area contributed by atoms with E-state index in [9.17, 15) is 19.5 Å². The fourth-order valence-electron chi connectivity index (χ4n) is 2.94. The van der Waals surface area contributed by atoms with Crippen molar-refractivity contribution in [3.63, 3.8) is 0 Å². The smallest absolute Gasteiger partial charge is 0.335 e. The number of carbonyl (C=O) groups excluding carboxylic acids is 2. The lowest BCUT2D eigenvalue weighted by molar-refractivity contribution is -0.127. The van der Waals surface area contributed by atoms with Crippen LogP contribution >= 0.6 is 0 Å². The first-order chi connectivity index (χ1) is 13.8. The van der Waals surface area contributed by atoms with E-state index in [0.29, 0.717) is 22.9 Å². The number of ether oxygens (including phenoxy) is 3. The molecule has 0 saturated carbocycles.